The van der Waals surface area contributed by atoms with Gasteiger partial charge in [0.2, 0.25) is 5.95 Å². The van der Waals surface area contributed by atoms with Crippen LogP contribution in [0.25, 0.3) is 11.0 Å². The summed E-state index contributed by atoms with van der Waals surface area (Å²) in [6.07, 6.45) is 8.71. The van der Waals surface area contributed by atoms with Gasteiger partial charge in [-0.05, 0) is 107 Å². The van der Waals surface area contributed by atoms with Gasteiger partial charge in [0.05, 0.1) is 11.0 Å². The van der Waals surface area contributed by atoms with Gasteiger partial charge < -0.3 is 24.5 Å². The Hall–Kier alpha value is -1.57. The van der Waals surface area contributed by atoms with Crippen LogP contribution in [0.4, 0.5) is 11.6 Å². The van der Waals surface area contributed by atoms with E-state index in [1.807, 2.05) is 0 Å². The van der Waals surface area contributed by atoms with Crippen LogP contribution in [0.2, 0.25) is 18.1 Å². The van der Waals surface area contributed by atoms with Crippen molar-refractivity contribution in [1.29, 1.82) is 0 Å². The van der Waals surface area contributed by atoms with Gasteiger partial charge in [-0.25, -0.2) is 4.98 Å². The molecule has 3 heterocycles. The normalized spacial score (nSPS) is 19.7. The Morgan fingerprint density at radius 2 is 1.66 bits per heavy atom. The van der Waals surface area contributed by atoms with Crippen molar-refractivity contribution in [2.24, 2.45) is 5.41 Å². The zero-order valence-electron chi connectivity index (χ0n) is 23.2. The molecule has 0 amide bonds. The third kappa shape index (κ3) is 6.05. The number of imidazole rings is 1. The standard InChI is InChI=1S/C28H49N5OSi/c1-27(2,3)35(5,6)34-21-9-7-8-16-33-25-22-23(10-11-24(25)30-26(33)29)32-19-14-28(15-20-32)12-17-31(4)18-13-28/h10-11,22H,7-9,12-21H2,1-6H3,(H2,29,30). The van der Waals surface area contributed by atoms with E-state index in [4.69, 9.17) is 10.2 Å². The van der Waals surface area contributed by atoms with E-state index in [-0.39, 0.29) is 5.04 Å². The van der Waals surface area contributed by atoms with E-state index in [0.717, 1.165) is 51.0 Å². The molecule has 0 atom stereocenters. The van der Waals surface area contributed by atoms with Crippen molar-refractivity contribution >= 4 is 31.0 Å². The molecule has 6 nitrogen and oxygen atoms in total. The predicted molar refractivity (Wildman–Crippen MR) is 152 cm³/mol. The smallest absolute Gasteiger partial charge is 0.201 e. The molecular formula is C28H49N5OSi. The molecule has 2 aliphatic heterocycles. The molecule has 2 aromatic rings. The summed E-state index contributed by atoms with van der Waals surface area (Å²) in [6.45, 7) is 18.2. The fourth-order valence-corrected chi connectivity index (χ4v) is 6.57. The van der Waals surface area contributed by atoms with E-state index in [9.17, 15) is 0 Å². The van der Waals surface area contributed by atoms with Crippen LogP contribution in [0.1, 0.15) is 65.7 Å². The van der Waals surface area contributed by atoms with Crippen LogP contribution in [0, 0.1) is 5.41 Å². The second-order valence-electron chi connectivity index (χ2n) is 12.8. The highest BCUT2D eigenvalue weighted by molar-refractivity contribution is 6.74. The fourth-order valence-electron chi connectivity index (χ4n) is 5.49. The van der Waals surface area contributed by atoms with Crippen molar-refractivity contribution in [2.45, 2.75) is 90.4 Å². The van der Waals surface area contributed by atoms with Gasteiger partial charge in [-0.15, -0.1) is 0 Å². The van der Waals surface area contributed by atoms with Crippen LogP contribution in [-0.4, -0.2) is 62.6 Å². The van der Waals surface area contributed by atoms with Crippen LogP contribution in [0.5, 0.6) is 0 Å². The average molecular weight is 500 g/mol. The van der Waals surface area contributed by atoms with E-state index in [1.54, 1.807) is 0 Å². The lowest BCUT2D eigenvalue weighted by molar-refractivity contribution is 0.0945. The topological polar surface area (TPSA) is 59.5 Å². The van der Waals surface area contributed by atoms with Crippen molar-refractivity contribution < 1.29 is 4.43 Å². The molecule has 2 aliphatic rings. The number of piperidine rings is 2. The number of anilines is 2. The zero-order valence-corrected chi connectivity index (χ0v) is 24.2. The molecular weight excluding hydrogens is 450 g/mol. The molecule has 7 heteroatoms. The summed E-state index contributed by atoms with van der Waals surface area (Å²) < 4.78 is 8.56. The molecule has 0 unspecified atom stereocenters. The lowest BCUT2D eigenvalue weighted by Gasteiger charge is -2.46. The van der Waals surface area contributed by atoms with Gasteiger partial charge >= 0.3 is 0 Å². The number of likely N-dealkylation sites (tertiary alicyclic amines) is 1. The van der Waals surface area contributed by atoms with Gasteiger partial charge in [-0.1, -0.05) is 20.8 Å². The maximum Gasteiger partial charge on any atom is 0.201 e. The van der Waals surface area contributed by atoms with Crippen molar-refractivity contribution in [2.75, 3.05) is 50.5 Å². The highest BCUT2D eigenvalue weighted by Gasteiger charge is 2.37. The van der Waals surface area contributed by atoms with Crippen molar-refractivity contribution in [1.82, 2.24) is 14.5 Å². The van der Waals surface area contributed by atoms with Crippen molar-refractivity contribution in [3.8, 4) is 0 Å². The molecule has 2 fully saturated rings. The summed E-state index contributed by atoms with van der Waals surface area (Å²) in [7, 11) is 0.614. The van der Waals surface area contributed by atoms with Crippen LogP contribution in [-0.2, 0) is 11.0 Å². The third-order valence-corrected chi connectivity index (χ3v) is 13.8. The molecule has 0 bridgehead atoms. The van der Waals surface area contributed by atoms with Crippen LogP contribution in [0.3, 0.4) is 0 Å². The van der Waals surface area contributed by atoms with Gasteiger partial charge in [0.25, 0.3) is 0 Å². The van der Waals surface area contributed by atoms with Crippen molar-refractivity contribution in [3.05, 3.63) is 18.2 Å². The lowest BCUT2D eigenvalue weighted by Crippen LogP contribution is -2.46. The van der Waals surface area contributed by atoms with Crippen LogP contribution in [0.15, 0.2) is 18.2 Å². The summed E-state index contributed by atoms with van der Waals surface area (Å²) in [5.74, 6) is 0.638. The van der Waals surface area contributed by atoms with Gasteiger partial charge in [-0.3, -0.25) is 0 Å². The van der Waals surface area contributed by atoms with Crippen LogP contribution >= 0.6 is 0 Å². The first kappa shape index (κ1) is 26.5. The van der Waals surface area contributed by atoms with E-state index in [1.165, 1.54) is 50.0 Å². The Labute approximate surface area is 214 Å². The fraction of sp³-hybridized carbons (Fsp3) is 0.750. The highest BCUT2D eigenvalue weighted by atomic mass is 28.4. The summed E-state index contributed by atoms with van der Waals surface area (Å²) >= 11 is 0. The SMILES string of the molecule is CN1CCC2(CC1)CCN(c1ccc3nc(N)n(CCCCCO[Si](C)(C)C(C)(C)C)c3c1)CC2. The predicted octanol–water partition coefficient (Wildman–Crippen LogP) is 6.12. The summed E-state index contributed by atoms with van der Waals surface area (Å²) in [5.41, 5.74) is 10.4. The summed E-state index contributed by atoms with van der Waals surface area (Å²) in [6, 6.07) is 6.72. The number of benzene rings is 1. The van der Waals surface area contributed by atoms with Crippen LogP contribution < -0.4 is 10.6 Å². The number of hydrogen-bond acceptors (Lipinski definition) is 5. The quantitative estimate of drug-likeness (QED) is 0.350. The van der Waals surface area contributed by atoms with Crippen molar-refractivity contribution in [3.63, 3.8) is 0 Å². The molecule has 0 saturated carbocycles. The largest absolute Gasteiger partial charge is 0.417 e. The number of hydrogen-bond donors (Lipinski definition) is 1. The molecule has 0 aliphatic carbocycles. The number of nitrogen functional groups attached to an aromatic ring is 1. The Morgan fingerprint density at radius 1 is 1.00 bits per heavy atom. The average Bonchev–Trinajstić information content (AvgIpc) is 3.12. The maximum atomic E-state index is 6.35. The minimum Gasteiger partial charge on any atom is -0.417 e. The molecule has 1 aromatic heterocycles. The lowest BCUT2D eigenvalue weighted by atomic mass is 9.71. The number of nitrogens with two attached hydrogens (primary N) is 1. The van der Waals surface area contributed by atoms with E-state index in [0.29, 0.717) is 11.4 Å². The van der Waals surface area contributed by atoms with Gasteiger partial charge in [-0.2, -0.15) is 0 Å². The zero-order chi connectivity index (χ0) is 25.3. The first-order valence-electron chi connectivity index (χ1n) is 13.8. The Bertz CT molecular complexity index is 977. The van der Waals surface area contributed by atoms with E-state index in [2.05, 4.69) is 78.5 Å². The minimum absolute atomic E-state index is 0.275. The minimum atomic E-state index is -1.64. The maximum absolute atomic E-state index is 6.35. The number of aryl methyl sites for hydroxylation is 1. The Balaban J connectivity index is 1.32. The number of nitrogens with zero attached hydrogens (tertiary/aromatic N) is 4. The second kappa shape index (κ2) is 10.4. The molecule has 2 saturated heterocycles. The molecule has 0 radical (unpaired) electrons. The summed E-state index contributed by atoms with van der Waals surface area (Å²) in [4.78, 5) is 9.71. The Kier molecular flexibility index (Phi) is 7.89. The molecule has 1 aromatic carbocycles. The number of aromatic nitrogens is 2. The van der Waals surface area contributed by atoms with Gasteiger partial charge in [0, 0.05) is 31.9 Å². The molecule has 35 heavy (non-hydrogen) atoms. The number of unbranched alkanes of at least 4 members (excludes halogenated alkanes) is 2. The third-order valence-electron chi connectivity index (χ3n) is 9.29. The molecule has 4 rings (SSSR count). The van der Waals surface area contributed by atoms with E-state index >= 15 is 0 Å². The van der Waals surface area contributed by atoms with Gasteiger partial charge in [0.1, 0.15) is 0 Å². The Morgan fingerprint density at radius 3 is 2.31 bits per heavy atom. The molecule has 1 spiro atoms. The summed E-state index contributed by atoms with van der Waals surface area (Å²) in [5, 5.41) is 0.275. The first-order valence-corrected chi connectivity index (χ1v) is 16.7. The monoisotopic (exact) mass is 499 g/mol. The molecule has 2 N–H and O–H groups in total. The van der Waals surface area contributed by atoms with E-state index < -0.39 is 8.32 Å². The highest BCUT2D eigenvalue weighted by Crippen LogP contribution is 2.42. The number of rotatable bonds is 8. The number of fused-ring (bicyclic) bond motifs is 1. The van der Waals surface area contributed by atoms with Gasteiger partial charge in [0.15, 0.2) is 8.32 Å². The molecule has 196 valence electrons. The second-order valence-corrected chi connectivity index (χ2v) is 17.6. The first-order chi connectivity index (χ1) is 16.5.